The topological polar surface area (TPSA) is 82.7 Å². The highest BCUT2D eigenvalue weighted by Gasteiger charge is 2.26. The molecule has 4 rings (SSSR count). The molecule has 0 saturated carbocycles. The second-order valence-corrected chi connectivity index (χ2v) is 9.54. The number of anilines is 2. The number of hydrogen-bond acceptors (Lipinski definition) is 6. The van der Waals surface area contributed by atoms with E-state index >= 15 is 0 Å². The number of amides is 2. The summed E-state index contributed by atoms with van der Waals surface area (Å²) in [4.78, 5) is 27.5. The third-order valence-electron chi connectivity index (χ3n) is 5.90. The number of hydrogen-bond donors (Lipinski definition) is 3. The second-order valence-electron chi connectivity index (χ2n) is 8.51. The molecule has 1 unspecified atom stereocenters. The number of carbonyl (C=O) groups excluding carboxylic acids is 2. The maximum absolute atomic E-state index is 12.6. The summed E-state index contributed by atoms with van der Waals surface area (Å²) in [5.41, 5.74) is 4.55. The Labute approximate surface area is 199 Å². The number of aryl methyl sites for hydroxylation is 1. The number of ether oxygens (including phenoxy) is 1. The van der Waals surface area contributed by atoms with Crippen molar-refractivity contribution in [3.05, 3.63) is 59.2 Å². The quantitative estimate of drug-likeness (QED) is 0.491. The van der Waals surface area contributed by atoms with E-state index in [1.54, 1.807) is 23.9 Å². The van der Waals surface area contributed by atoms with Crippen LogP contribution in [0.1, 0.15) is 27.9 Å². The van der Waals surface area contributed by atoms with Gasteiger partial charge in [-0.2, -0.15) is 11.8 Å². The third-order valence-corrected chi connectivity index (χ3v) is 7.01. The van der Waals surface area contributed by atoms with Gasteiger partial charge in [0, 0.05) is 36.7 Å². The molecule has 0 bridgehead atoms. The van der Waals surface area contributed by atoms with Gasteiger partial charge in [0.05, 0.1) is 24.6 Å². The largest absolute Gasteiger partial charge is 0.379 e. The predicted octanol–water partition coefficient (Wildman–Crippen LogP) is 3.11. The minimum absolute atomic E-state index is 0.0676. The van der Waals surface area contributed by atoms with E-state index in [9.17, 15) is 9.59 Å². The van der Waals surface area contributed by atoms with E-state index in [0.29, 0.717) is 23.5 Å². The van der Waals surface area contributed by atoms with Gasteiger partial charge in [-0.05, 0) is 43.7 Å². The Morgan fingerprint density at radius 1 is 1.15 bits per heavy atom. The lowest BCUT2D eigenvalue weighted by Crippen LogP contribution is -2.40. The summed E-state index contributed by atoms with van der Waals surface area (Å²) in [6.07, 6.45) is 0.900. The van der Waals surface area contributed by atoms with E-state index in [1.165, 1.54) is 11.1 Å². The number of carbonyl (C=O) groups is 2. The summed E-state index contributed by atoms with van der Waals surface area (Å²) in [7, 11) is 0. The number of rotatable bonds is 9. The first-order valence-electron chi connectivity index (χ1n) is 11.5. The molecule has 33 heavy (non-hydrogen) atoms. The van der Waals surface area contributed by atoms with Crippen LogP contribution in [-0.2, 0) is 15.3 Å². The van der Waals surface area contributed by atoms with Crippen LogP contribution < -0.4 is 16.0 Å². The first kappa shape index (κ1) is 23.6. The minimum Gasteiger partial charge on any atom is -0.379 e. The molecule has 3 N–H and O–H groups in total. The van der Waals surface area contributed by atoms with Gasteiger partial charge in [0.25, 0.3) is 5.91 Å². The highest BCUT2D eigenvalue weighted by molar-refractivity contribution is 7.98. The van der Waals surface area contributed by atoms with Crippen molar-refractivity contribution in [1.82, 2.24) is 10.2 Å². The molecule has 2 aliphatic rings. The van der Waals surface area contributed by atoms with Crippen LogP contribution in [0.3, 0.4) is 0 Å². The molecule has 8 heteroatoms. The molecule has 2 aromatic carbocycles. The fourth-order valence-electron chi connectivity index (χ4n) is 3.92. The molecule has 1 fully saturated rings. The monoisotopic (exact) mass is 468 g/mol. The zero-order chi connectivity index (χ0) is 23.0. The molecule has 176 valence electrons. The predicted molar refractivity (Wildman–Crippen MR) is 134 cm³/mol. The summed E-state index contributed by atoms with van der Waals surface area (Å²) in [6.45, 7) is 7.14. The standard InChI is InChI=1S/C25H32N4O3S/c1-18-3-5-19(6-4-18)16-33-17-23-25(31)28-22-15-20(7-8-21(22)27-23)24(30)26-9-2-10-29-11-13-32-14-12-29/h3-8,15,23,27H,2,9-14,16-17H2,1H3,(H,26,30)(H,28,31). The lowest BCUT2D eigenvalue weighted by atomic mass is 10.1. The molecule has 0 radical (unpaired) electrons. The van der Waals surface area contributed by atoms with E-state index in [1.807, 2.05) is 6.07 Å². The number of benzene rings is 2. The lowest BCUT2D eigenvalue weighted by molar-refractivity contribution is -0.116. The third kappa shape index (κ3) is 6.72. The number of nitrogens with one attached hydrogen (secondary N) is 3. The molecule has 0 aliphatic carbocycles. The second kappa shape index (κ2) is 11.5. The van der Waals surface area contributed by atoms with Crippen LogP contribution in [0.5, 0.6) is 0 Å². The highest BCUT2D eigenvalue weighted by atomic mass is 32.2. The van der Waals surface area contributed by atoms with Gasteiger partial charge < -0.3 is 20.7 Å². The molecule has 0 spiro atoms. The Balaban J connectivity index is 1.23. The summed E-state index contributed by atoms with van der Waals surface area (Å²) < 4.78 is 5.36. The van der Waals surface area contributed by atoms with Gasteiger partial charge in [-0.25, -0.2) is 0 Å². The molecule has 2 amide bonds. The number of thioether (sulfide) groups is 1. The Hall–Kier alpha value is -2.55. The van der Waals surface area contributed by atoms with E-state index in [-0.39, 0.29) is 17.9 Å². The van der Waals surface area contributed by atoms with Gasteiger partial charge in [0.1, 0.15) is 6.04 Å². The fourth-order valence-corrected chi connectivity index (χ4v) is 4.93. The van der Waals surface area contributed by atoms with Gasteiger partial charge in [0.2, 0.25) is 5.91 Å². The van der Waals surface area contributed by atoms with E-state index in [4.69, 9.17) is 4.74 Å². The number of fused-ring (bicyclic) bond motifs is 1. The molecule has 2 aromatic rings. The maximum Gasteiger partial charge on any atom is 0.251 e. The van der Waals surface area contributed by atoms with E-state index in [2.05, 4.69) is 52.0 Å². The molecular formula is C25H32N4O3S. The van der Waals surface area contributed by atoms with Crippen molar-refractivity contribution in [1.29, 1.82) is 0 Å². The zero-order valence-corrected chi connectivity index (χ0v) is 19.9. The Kier molecular flexibility index (Phi) is 8.25. The van der Waals surface area contributed by atoms with Crippen molar-refractivity contribution in [3.63, 3.8) is 0 Å². The normalized spacial score (nSPS) is 18.2. The summed E-state index contributed by atoms with van der Waals surface area (Å²) in [6, 6.07) is 13.6. The van der Waals surface area contributed by atoms with Crippen LogP contribution in [0.2, 0.25) is 0 Å². The minimum atomic E-state index is -0.298. The average molecular weight is 469 g/mol. The van der Waals surface area contributed by atoms with Gasteiger partial charge >= 0.3 is 0 Å². The van der Waals surface area contributed by atoms with Gasteiger partial charge in [-0.3, -0.25) is 14.5 Å². The molecule has 1 atom stereocenters. The number of morpholine rings is 1. The number of nitrogens with zero attached hydrogens (tertiary/aromatic N) is 1. The average Bonchev–Trinajstić information content (AvgIpc) is 2.83. The van der Waals surface area contributed by atoms with Crippen LogP contribution >= 0.6 is 11.8 Å². The van der Waals surface area contributed by atoms with Crippen molar-refractivity contribution in [2.75, 3.05) is 55.8 Å². The fraction of sp³-hybridized carbons (Fsp3) is 0.440. The molecule has 1 saturated heterocycles. The Bertz CT molecular complexity index is 961. The van der Waals surface area contributed by atoms with Crippen LogP contribution in [0.25, 0.3) is 0 Å². The van der Waals surface area contributed by atoms with Crippen molar-refractivity contribution in [3.8, 4) is 0 Å². The highest BCUT2D eigenvalue weighted by Crippen LogP contribution is 2.29. The maximum atomic E-state index is 12.6. The van der Waals surface area contributed by atoms with Crippen LogP contribution in [0.15, 0.2) is 42.5 Å². The van der Waals surface area contributed by atoms with Crippen LogP contribution in [0.4, 0.5) is 11.4 Å². The SMILES string of the molecule is Cc1ccc(CSCC2Nc3ccc(C(=O)NCCCN4CCOCC4)cc3NC2=O)cc1. The van der Waals surface area contributed by atoms with E-state index in [0.717, 1.165) is 50.7 Å². The van der Waals surface area contributed by atoms with Crippen molar-refractivity contribution in [2.45, 2.75) is 25.1 Å². The lowest BCUT2D eigenvalue weighted by Gasteiger charge is -2.27. The molecule has 0 aromatic heterocycles. The molecule has 2 aliphatic heterocycles. The smallest absolute Gasteiger partial charge is 0.251 e. The first-order chi connectivity index (χ1) is 16.1. The zero-order valence-electron chi connectivity index (χ0n) is 19.1. The van der Waals surface area contributed by atoms with E-state index < -0.39 is 0 Å². The molecule has 2 heterocycles. The summed E-state index contributed by atoms with van der Waals surface area (Å²) in [5.74, 6) is 1.35. The van der Waals surface area contributed by atoms with Crippen molar-refractivity contribution >= 4 is 35.0 Å². The molecular weight excluding hydrogens is 436 g/mol. The van der Waals surface area contributed by atoms with Crippen molar-refractivity contribution < 1.29 is 14.3 Å². The van der Waals surface area contributed by atoms with Crippen molar-refractivity contribution in [2.24, 2.45) is 0 Å². The summed E-state index contributed by atoms with van der Waals surface area (Å²) in [5, 5.41) is 9.25. The molecule has 7 nitrogen and oxygen atoms in total. The van der Waals surface area contributed by atoms with Crippen LogP contribution in [0, 0.1) is 6.92 Å². The van der Waals surface area contributed by atoms with Crippen LogP contribution in [-0.4, -0.2) is 67.9 Å². The van der Waals surface area contributed by atoms with Gasteiger partial charge in [-0.1, -0.05) is 29.8 Å². The van der Waals surface area contributed by atoms with Gasteiger partial charge in [-0.15, -0.1) is 0 Å². The first-order valence-corrected chi connectivity index (χ1v) is 12.7. The van der Waals surface area contributed by atoms with Gasteiger partial charge in [0.15, 0.2) is 0 Å². The summed E-state index contributed by atoms with van der Waals surface area (Å²) >= 11 is 1.73. The Morgan fingerprint density at radius 3 is 2.73 bits per heavy atom. The Morgan fingerprint density at radius 2 is 1.94 bits per heavy atom.